The zero-order valence-corrected chi connectivity index (χ0v) is 19.4. The third kappa shape index (κ3) is 3.87. The molecule has 0 aliphatic heterocycles. The summed E-state index contributed by atoms with van der Waals surface area (Å²) in [7, 11) is -0.374. The Morgan fingerprint density at radius 1 is 0.933 bits per heavy atom. The molecule has 0 aliphatic carbocycles. The van der Waals surface area contributed by atoms with Crippen molar-refractivity contribution in [3.8, 4) is 5.75 Å². The number of nitrogens with one attached hydrogen (secondary N) is 1. The summed E-state index contributed by atoms with van der Waals surface area (Å²) < 4.78 is 37.2. The maximum absolute atomic E-state index is 13.6. The highest BCUT2D eigenvalue weighted by Gasteiger charge is 2.29. The van der Waals surface area contributed by atoms with E-state index < -0.39 is 16.1 Å². The smallest absolute Gasteiger partial charge is 0.242 e. The van der Waals surface area contributed by atoms with Crippen molar-refractivity contribution < 1.29 is 13.2 Å². The number of methoxy groups -OCH3 is 1. The van der Waals surface area contributed by atoms with Gasteiger partial charge in [0.25, 0.3) is 0 Å². The Morgan fingerprint density at radius 2 is 1.47 bits per heavy atom. The van der Waals surface area contributed by atoms with E-state index in [4.69, 9.17) is 4.74 Å². The number of aryl methyl sites for hydroxylation is 1. The normalized spacial score (nSPS) is 12.8. The lowest BCUT2D eigenvalue weighted by molar-refractivity contribution is 0.414. The molecule has 0 bridgehead atoms. The fourth-order valence-corrected chi connectivity index (χ4v) is 5.59. The highest BCUT2D eigenvalue weighted by atomic mass is 32.2. The summed E-state index contributed by atoms with van der Waals surface area (Å²) in [5.41, 5.74) is 5.45. The van der Waals surface area contributed by atoms with Gasteiger partial charge >= 0.3 is 0 Å². The predicted octanol–water partition coefficient (Wildman–Crippen LogP) is 4.04. The van der Waals surface area contributed by atoms with Gasteiger partial charge in [0.1, 0.15) is 17.6 Å². The van der Waals surface area contributed by atoms with Crippen molar-refractivity contribution in [1.82, 2.24) is 14.3 Å². The Morgan fingerprint density at radius 3 is 1.93 bits per heavy atom. The van der Waals surface area contributed by atoms with E-state index in [1.54, 1.807) is 19.5 Å². The second kappa shape index (κ2) is 8.24. The van der Waals surface area contributed by atoms with Gasteiger partial charge in [-0.15, -0.1) is 0 Å². The first kappa shape index (κ1) is 22.1. The standard InChI is InChI=1S/C23H29N3O3S/c1-14-15(2)17(4)22(18(5)16(14)3)30(27,28)25-21(23-24-12-13-26(23)6)19-8-10-20(29-7)11-9-19/h8-13,21,25H,1-7H3. The molecule has 1 unspecified atom stereocenters. The first-order chi connectivity index (χ1) is 14.1. The lowest BCUT2D eigenvalue weighted by atomic mass is 9.95. The fraction of sp³-hybridized carbons (Fsp3) is 0.348. The van der Waals surface area contributed by atoms with Crippen molar-refractivity contribution in [2.75, 3.05) is 7.11 Å². The van der Waals surface area contributed by atoms with Gasteiger partial charge in [-0.1, -0.05) is 12.1 Å². The molecule has 0 amide bonds. The van der Waals surface area contributed by atoms with Crippen LogP contribution in [0.5, 0.6) is 5.75 Å². The molecule has 0 saturated carbocycles. The molecule has 0 aliphatic rings. The van der Waals surface area contributed by atoms with Crippen LogP contribution in [0.1, 0.15) is 45.2 Å². The Balaban J connectivity index is 2.14. The summed E-state index contributed by atoms with van der Waals surface area (Å²) in [6, 6.07) is 6.70. The Hall–Kier alpha value is -2.64. The number of imidazole rings is 1. The molecule has 0 fully saturated rings. The number of nitrogens with zero attached hydrogens (tertiary/aromatic N) is 2. The van der Waals surface area contributed by atoms with Crippen LogP contribution in [-0.2, 0) is 17.1 Å². The second-order valence-electron chi connectivity index (χ2n) is 7.68. The van der Waals surface area contributed by atoms with Crippen LogP contribution in [-0.4, -0.2) is 25.1 Å². The molecule has 0 saturated heterocycles. The van der Waals surface area contributed by atoms with Crippen molar-refractivity contribution in [1.29, 1.82) is 0 Å². The van der Waals surface area contributed by atoms with Crippen molar-refractivity contribution in [2.24, 2.45) is 7.05 Å². The number of aromatic nitrogens is 2. The molecule has 1 atom stereocenters. The van der Waals surface area contributed by atoms with Gasteiger partial charge in [-0.25, -0.2) is 13.4 Å². The average Bonchev–Trinajstić information content (AvgIpc) is 3.14. The largest absolute Gasteiger partial charge is 0.497 e. The van der Waals surface area contributed by atoms with Crippen LogP contribution >= 0.6 is 0 Å². The Bertz CT molecular complexity index is 1150. The van der Waals surface area contributed by atoms with E-state index >= 15 is 0 Å². The molecule has 30 heavy (non-hydrogen) atoms. The van der Waals surface area contributed by atoms with Crippen LogP contribution in [0.2, 0.25) is 0 Å². The van der Waals surface area contributed by atoms with Crippen LogP contribution in [0.25, 0.3) is 0 Å². The van der Waals surface area contributed by atoms with Crippen molar-refractivity contribution in [2.45, 2.75) is 45.6 Å². The molecule has 7 heteroatoms. The zero-order chi connectivity index (χ0) is 22.2. The van der Waals surface area contributed by atoms with Crippen LogP contribution in [0, 0.1) is 34.6 Å². The molecular formula is C23H29N3O3S. The minimum absolute atomic E-state index is 0.343. The summed E-state index contributed by atoms with van der Waals surface area (Å²) in [5.74, 6) is 1.32. The third-order valence-electron chi connectivity index (χ3n) is 6.04. The van der Waals surface area contributed by atoms with Gasteiger partial charge in [0, 0.05) is 19.4 Å². The Labute approximate surface area is 179 Å². The van der Waals surface area contributed by atoms with Gasteiger partial charge in [0.2, 0.25) is 10.0 Å². The van der Waals surface area contributed by atoms with Crippen LogP contribution in [0.15, 0.2) is 41.6 Å². The van der Waals surface area contributed by atoms with E-state index in [1.165, 1.54) is 0 Å². The van der Waals surface area contributed by atoms with E-state index in [9.17, 15) is 8.42 Å². The van der Waals surface area contributed by atoms with Crippen LogP contribution in [0.3, 0.4) is 0 Å². The number of rotatable bonds is 6. The van der Waals surface area contributed by atoms with Crippen molar-refractivity contribution in [3.05, 3.63) is 75.9 Å². The molecule has 3 rings (SSSR count). The maximum atomic E-state index is 13.6. The summed E-state index contributed by atoms with van der Waals surface area (Å²) >= 11 is 0. The lowest BCUT2D eigenvalue weighted by Gasteiger charge is -2.23. The lowest BCUT2D eigenvalue weighted by Crippen LogP contribution is -2.32. The van der Waals surface area contributed by atoms with Crippen LogP contribution < -0.4 is 9.46 Å². The number of benzene rings is 2. The maximum Gasteiger partial charge on any atom is 0.242 e. The molecule has 2 aromatic carbocycles. The van der Waals surface area contributed by atoms with E-state index in [2.05, 4.69) is 9.71 Å². The molecule has 6 nitrogen and oxygen atoms in total. The van der Waals surface area contributed by atoms with Gasteiger partial charge in [-0.3, -0.25) is 0 Å². The minimum Gasteiger partial charge on any atom is -0.497 e. The summed E-state index contributed by atoms with van der Waals surface area (Å²) in [6.45, 7) is 9.70. The van der Waals surface area contributed by atoms with Gasteiger partial charge in [0.15, 0.2) is 0 Å². The second-order valence-corrected chi connectivity index (χ2v) is 9.33. The summed E-state index contributed by atoms with van der Waals surface area (Å²) in [6.07, 6.45) is 3.47. The zero-order valence-electron chi connectivity index (χ0n) is 18.6. The quantitative estimate of drug-likeness (QED) is 0.644. The third-order valence-corrected chi connectivity index (χ3v) is 7.73. The average molecular weight is 428 g/mol. The summed E-state index contributed by atoms with van der Waals surface area (Å²) in [5, 5.41) is 0. The highest BCUT2D eigenvalue weighted by molar-refractivity contribution is 7.89. The van der Waals surface area contributed by atoms with Gasteiger partial charge in [-0.2, -0.15) is 4.72 Å². The SMILES string of the molecule is COc1ccc(C(NS(=O)(=O)c2c(C)c(C)c(C)c(C)c2C)c2nccn2C)cc1. The van der Waals surface area contributed by atoms with Gasteiger partial charge < -0.3 is 9.30 Å². The molecule has 1 heterocycles. The first-order valence-corrected chi connectivity index (χ1v) is 11.3. The topological polar surface area (TPSA) is 73.2 Å². The van der Waals surface area contributed by atoms with Crippen molar-refractivity contribution >= 4 is 10.0 Å². The number of hydrogen-bond acceptors (Lipinski definition) is 4. The number of hydrogen-bond donors (Lipinski definition) is 1. The van der Waals surface area contributed by atoms with Gasteiger partial charge in [0.05, 0.1) is 12.0 Å². The van der Waals surface area contributed by atoms with Crippen LogP contribution in [0.4, 0.5) is 0 Å². The number of ether oxygens (including phenoxy) is 1. The van der Waals surface area contributed by atoms with E-state index in [0.717, 1.165) is 33.4 Å². The monoisotopic (exact) mass is 427 g/mol. The molecule has 160 valence electrons. The molecule has 1 aromatic heterocycles. The minimum atomic E-state index is -3.82. The van der Waals surface area contributed by atoms with Gasteiger partial charge in [-0.05, 0) is 80.1 Å². The summed E-state index contributed by atoms with van der Waals surface area (Å²) in [4.78, 5) is 4.76. The fourth-order valence-electron chi connectivity index (χ4n) is 3.80. The van der Waals surface area contributed by atoms with Crippen molar-refractivity contribution in [3.63, 3.8) is 0 Å². The molecule has 3 aromatic rings. The first-order valence-electron chi connectivity index (χ1n) is 9.79. The molecule has 1 N–H and O–H groups in total. The van der Waals surface area contributed by atoms with E-state index in [0.29, 0.717) is 16.5 Å². The predicted molar refractivity (Wildman–Crippen MR) is 118 cm³/mol. The molecule has 0 spiro atoms. The molecular weight excluding hydrogens is 398 g/mol. The Kier molecular flexibility index (Phi) is 6.06. The highest BCUT2D eigenvalue weighted by Crippen LogP contribution is 2.32. The van der Waals surface area contributed by atoms with E-state index in [-0.39, 0.29) is 0 Å². The number of sulfonamides is 1. The molecule has 0 radical (unpaired) electrons. The van der Waals surface area contributed by atoms with E-state index in [1.807, 2.05) is 70.5 Å².